The molecule has 0 radical (unpaired) electrons. The molecule has 0 N–H and O–H groups in total. The molecule has 4 atom stereocenters. The minimum atomic E-state index is 0.490. The third kappa shape index (κ3) is 3.20. The smallest absolute Gasteiger partial charge is 0.0703 e. The van der Waals surface area contributed by atoms with Crippen molar-refractivity contribution in [1.29, 1.82) is 0 Å². The summed E-state index contributed by atoms with van der Waals surface area (Å²) in [7, 11) is 0. The van der Waals surface area contributed by atoms with Crippen LogP contribution in [0.5, 0.6) is 0 Å². The van der Waals surface area contributed by atoms with Gasteiger partial charge in [-0.05, 0) is 31.6 Å². The zero-order valence-corrected chi connectivity index (χ0v) is 11.3. The molecular formula is C13H23BrO. The van der Waals surface area contributed by atoms with Gasteiger partial charge in [-0.3, -0.25) is 0 Å². The van der Waals surface area contributed by atoms with E-state index in [4.69, 9.17) is 4.74 Å². The fourth-order valence-electron chi connectivity index (χ4n) is 2.91. The molecular weight excluding hydrogens is 252 g/mol. The molecule has 0 aromatic carbocycles. The van der Waals surface area contributed by atoms with Crippen LogP contribution in [0.3, 0.4) is 0 Å². The van der Waals surface area contributed by atoms with Gasteiger partial charge >= 0.3 is 0 Å². The lowest BCUT2D eigenvalue weighted by molar-refractivity contribution is -0.0645. The van der Waals surface area contributed by atoms with Crippen molar-refractivity contribution in [3.05, 3.63) is 0 Å². The highest BCUT2D eigenvalue weighted by molar-refractivity contribution is 9.09. The van der Waals surface area contributed by atoms with Gasteiger partial charge in [0, 0.05) is 4.83 Å². The fourth-order valence-corrected chi connectivity index (χ4v) is 3.63. The van der Waals surface area contributed by atoms with Gasteiger partial charge < -0.3 is 4.74 Å². The first-order chi connectivity index (χ1) is 7.27. The van der Waals surface area contributed by atoms with E-state index >= 15 is 0 Å². The Morgan fingerprint density at radius 2 is 1.47 bits per heavy atom. The monoisotopic (exact) mass is 274 g/mol. The Kier molecular flexibility index (Phi) is 4.51. The van der Waals surface area contributed by atoms with Crippen LogP contribution in [0, 0.1) is 5.92 Å². The van der Waals surface area contributed by atoms with Crippen LogP contribution < -0.4 is 0 Å². The molecule has 0 aromatic rings. The molecule has 0 heterocycles. The Hall–Kier alpha value is 0.440. The van der Waals surface area contributed by atoms with E-state index in [9.17, 15) is 0 Å². The van der Waals surface area contributed by atoms with Gasteiger partial charge in [-0.1, -0.05) is 48.5 Å². The molecule has 15 heavy (non-hydrogen) atoms. The maximum absolute atomic E-state index is 6.31. The second-order valence-electron chi connectivity index (χ2n) is 5.28. The summed E-state index contributed by atoms with van der Waals surface area (Å²) in [4.78, 5) is 0.611. The highest BCUT2D eigenvalue weighted by Crippen LogP contribution is 2.33. The lowest BCUT2D eigenvalue weighted by atomic mass is 9.87. The molecule has 0 spiro atoms. The summed E-state index contributed by atoms with van der Waals surface area (Å²) >= 11 is 3.78. The number of alkyl halides is 1. The normalized spacial score (nSPS) is 42.8. The van der Waals surface area contributed by atoms with Gasteiger partial charge in [0.25, 0.3) is 0 Å². The highest BCUT2D eigenvalue weighted by atomic mass is 79.9. The van der Waals surface area contributed by atoms with Crippen molar-refractivity contribution in [3.8, 4) is 0 Å². The summed E-state index contributed by atoms with van der Waals surface area (Å²) in [5, 5.41) is 0. The van der Waals surface area contributed by atoms with Gasteiger partial charge in [-0.15, -0.1) is 0 Å². The number of hydrogen-bond donors (Lipinski definition) is 0. The maximum Gasteiger partial charge on any atom is 0.0703 e. The average Bonchev–Trinajstić information content (AvgIpc) is 2.24. The zero-order valence-electron chi connectivity index (χ0n) is 9.75. The molecule has 0 saturated heterocycles. The SMILES string of the molecule is CC1CCCCC1OC1CCCCC1Br. The molecule has 0 aromatic heterocycles. The largest absolute Gasteiger partial charge is 0.374 e. The zero-order chi connectivity index (χ0) is 10.7. The van der Waals surface area contributed by atoms with Gasteiger partial charge in [-0.25, -0.2) is 0 Å². The molecule has 2 aliphatic rings. The molecule has 1 nitrogen and oxygen atoms in total. The minimum Gasteiger partial charge on any atom is -0.374 e. The van der Waals surface area contributed by atoms with Crippen molar-refractivity contribution < 1.29 is 4.74 Å². The Morgan fingerprint density at radius 3 is 2.13 bits per heavy atom. The predicted octanol–water partition coefficient (Wildman–Crippen LogP) is 4.29. The lowest BCUT2D eigenvalue weighted by Crippen LogP contribution is -2.36. The third-order valence-corrected chi connectivity index (χ3v) is 5.05. The third-order valence-electron chi connectivity index (χ3n) is 4.00. The molecule has 2 saturated carbocycles. The fraction of sp³-hybridized carbons (Fsp3) is 1.00. The summed E-state index contributed by atoms with van der Waals surface area (Å²) in [5.41, 5.74) is 0. The average molecular weight is 275 g/mol. The number of hydrogen-bond acceptors (Lipinski definition) is 1. The molecule has 2 aliphatic carbocycles. The van der Waals surface area contributed by atoms with Gasteiger partial charge in [0.05, 0.1) is 12.2 Å². The van der Waals surface area contributed by atoms with E-state index in [0.717, 1.165) is 5.92 Å². The van der Waals surface area contributed by atoms with Crippen LogP contribution in [0.2, 0.25) is 0 Å². The highest BCUT2D eigenvalue weighted by Gasteiger charge is 2.29. The van der Waals surface area contributed by atoms with Gasteiger partial charge in [0.15, 0.2) is 0 Å². The van der Waals surface area contributed by atoms with E-state index in [-0.39, 0.29) is 0 Å². The van der Waals surface area contributed by atoms with E-state index in [0.29, 0.717) is 17.0 Å². The Balaban J connectivity index is 1.83. The molecule has 2 heteroatoms. The molecule has 0 aliphatic heterocycles. The van der Waals surface area contributed by atoms with E-state index in [1.165, 1.54) is 51.4 Å². The van der Waals surface area contributed by atoms with E-state index in [2.05, 4.69) is 22.9 Å². The first kappa shape index (κ1) is 11.9. The summed E-state index contributed by atoms with van der Waals surface area (Å²) in [6, 6.07) is 0. The Bertz CT molecular complexity index is 175. The Morgan fingerprint density at radius 1 is 0.867 bits per heavy atom. The maximum atomic E-state index is 6.31. The molecule has 2 fully saturated rings. The molecule has 0 bridgehead atoms. The standard InChI is InChI=1S/C13H23BrO/c1-10-6-2-4-8-12(10)15-13-9-5-3-7-11(13)14/h10-13H,2-9H2,1H3. The van der Waals surface area contributed by atoms with Crippen molar-refractivity contribution in [1.82, 2.24) is 0 Å². The van der Waals surface area contributed by atoms with Crippen LogP contribution >= 0.6 is 15.9 Å². The second kappa shape index (κ2) is 5.67. The van der Waals surface area contributed by atoms with Crippen molar-refractivity contribution in [2.75, 3.05) is 0 Å². The van der Waals surface area contributed by atoms with Crippen LogP contribution in [0.1, 0.15) is 58.3 Å². The van der Waals surface area contributed by atoms with Crippen LogP contribution in [-0.2, 0) is 4.74 Å². The van der Waals surface area contributed by atoms with Gasteiger partial charge in [0.1, 0.15) is 0 Å². The van der Waals surface area contributed by atoms with Crippen molar-refractivity contribution in [3.63, 3.8) is 0 Å². The summed E-state index contributed by atoms with van der Waals surface area (Å²) in [5.74, 6) is 0.778. The molecule has 0 amide bonds. The van der Waals surface area contributed by atoms with E-state index < -0.39 is 0 Å². The van der Waals surface area contributed by atoms with Crippen LogP contribution in [0.25, 0.3) is 0 Å². The first-order valence-electron chi connectivity index (χ1n) is 6.57. The van der Waals surface area contributed by atoms with Crippen LogP contribution in [0.15, 0.2) is 0 Å². The first-order valence-corrected chi connectivity index (χ1v) is 7.48. The summed E-state index contributed by atoms with van der Waals surface area (Å²) in [6.45, 7) is 2.36. The van der Waals surface area contributed by atoms with Crippen LogP contribution in [-0.4, -0.2) is 17.0 Å². The minimum absolute atomic E-state index is 0.490. The lowest BCUT2D eigenvalue weighted by Gasteiger charge is -2.36. The summed E-state index contributed by atoms with van der Waals surface area (Å²) < 4.78 is 6.31. The quantitative estimate of drug-likeness (QED) is 0.683. The number of halogens is 1. The van der Waals surface area contributed by atoms with E-state index in [1.807, 2.05) is 0 Å². The Labute approximate surface area is 102 Å². The van der Waals surface area contributed by atoms with Crippen molar-refractivity contribution in [2.45, 2.75) is 75.3 Å². The van der Waals surface area contributed by atoms with Gasteiger partial charge in [0.2, 0.25) is 0 Å². The van der Waals surface area contributed by atoms with Crippen molar-refractivity contribution in [2.24, 2.45) is 5.92 Å². The summed E-state index contributed by atoms with van der Waals surface area (Å²) in [6.07, 6.45) is 11.8. The number of rotatable bonds is 2. The van der Waals surface area contributed by atoms with Crippen LogP contribution in [0.4, 0.5) is 0 Å². The molecule has 88 valence electrons. The van der Waals surface area contributed by atoms with E-state index in [1.54, 1.807) is 0 Å². The number of ether oxygens (including phenoxy) is 1. The predicted molar refractivity (Wildman–Crippen MR) is 67.5 cm³/mol. The second-order valence-corrected chi connectivity index (χ2v) is 6.45. The molecule has 2 rings (SSSR count). The topological polar surface area (TPSA) is 9.23 Å². The van der Waals surface area contributed by atoms with Gasteiger partial charge in [-0.2, -0.15) is 0 Å². The van der Waals surface area contributed by atoms with Crippen molar-refractivity contribution >= 4 is 15.9 Å². The molecule has 4 unspecified atom stereocenters.